The molecule has 3 aromatic rings. The maximum atomic E-state index is 5.47. The molecule has 0 saturated carbocycles. The number of hydrogen-bond acceptors (Lipinski definition) is 4. The summed E-state index contributed by atoms with van der Waals surface area (Å²) < 4.78 is 5.47. The van der Waals surface area contributed by atoms with Crippen molar-refractivity contribution in [2.75, 3.05) is 11.9 Å². The molecule has 0 bridgehead atoms. The third-order valence-corrected chi connectivity index (χ3v) is 4.74. The van der Waals surface area contributed by atoms with Gasteiger partial charge in [0, 0.05) is 16.1 Å². The highest BCUT2D eigenvalue weighted by molar-refractivity contribution is 7.16. The quantitative estimate of drug-likeness (QED) is 0.614. The molecule has 0 spiro atoms. The van der Waals surface area contributed by atoms with Gasteiger partial charge in [-0.05, 0) is 50.1 Å². The molecule has 0 atom stereocenters. The van der Waals surface area contributed by atoms with Crippen molar-refractivity contribution in [3.8, 4) is 17.0 Å². The zero-order valence-corrected chi connectivity index (χ0v) is 15.1. The Kier molecular flexibility index (Phi) is 5.16. The van der Waals surface area contributed by atoms with Crippen molar-refractivity contribution in [2.45, 2.75) is 27.2 Å². The fraction of sp³-hybridized carbons (Fsp3) is 0.250. The second-order valence-electron chi connectivity index (χ2n) is 5.56. The topological polar surface area (TPSA) is 34.1 Å². The van der Waals surface area contributed by atoms with Gasteiger partial charge in [-0.25, -0.2) is 4.98 Å². The van der Waals surface area contributed by atoms with Crippen LogP contribution in [0.25, 0.3) is 11.3 Å². The van der Waals surface area contributed by atoms with Gasteiger partial charge in [0.2, 0.25) is 0 Å². The summed E-state index contributed by atoms with van der Waals surface area (Å²) in [5.41, 5.74) is 4.58. The first kappa shape index (κ1) is 16.5. The number of hydrogen-bond donors (Lipinski definition) is 1. The molecule has 0 aliphatic rings. The van der Waals surface area contributed by atoms with Crippen LogP contribution < -0.4 is 10.1 Å². The average molecular weight is 338 g/mol. The fourth-order valence-electron chi connectivity index (χ4n) is 2.54. The minimum atomic E-state index is 0.679. The summed E-state index contributed by atoms with van der Waals surface area (Å²) in [5, 5.41) is 4.29. The van der Waals surface area contributed by atoms with Crippen molar-refractivity contribution in [1.82, 2.24) is 4.98 Å². The zero-order chi connectivity index (χ0) is 16.9. The molecular weight excluding hydrogens is 316 g/mol. The third kappa shape index (κ3) is 3.77. The number of anilines is 2. The average Bonchev–Trinajstić information content (AvgIpc) is 2.97. The molecule has 1 aromatic heterocycles. The second kappa shape index (κ2) is 7.49. The number of ether oxygens (including phenoxy) is 1. The molecular formula is C20H22N2OS. The highest BCUT2D eigenvalue weighted by Crippen LogP contribution is 2.32. The van der Waals surface area contributed by atoms with Crippen LogP contribution in [0.5, 0.6) is 5.75 Å². The van der Waals surface area contributed by atoms with Gasteiger partial charge in [-0.15, -0.1) is 11.3 Å². The van der Waals surface area contributed by atoms with E-state index in [4.69, 9.17) is 9.72 Å². The van der Waals surface area contributed by atoms with Gasteiger partial charge in [0.1, 0.15) is 5.75 Å². The van der Waals surface area contributed by atoms with E-state index in [0.717, 1.165) is 28.7 Å². The van der Waals surface area contributed by atoms with Gasteiger partial charge in [-0.3, -0.25) is 0 Å². The summed E-state index contributed by atoms with van der Waals surface area (Å²) >= 11 is 1.67. The summed E-state index contributed by atoms with van der Waals surface area (Å²) in [4.78, 5) is 5.98. The number of thiazole rings is 1. The van der Waals surface area contributed by atoms with E-state index in [1.54, 1.807) is 11.3 Å². The number of nitrogens with zero attached hydrogens (tertiary/aromatic N) is 1. The van der Waals surface area contributed by atoms with Gasteiger partial charge >= 0.3 is 0 Å². The Morgan fingerprint density at radius 1 is 1.00 bits per heavy atom. The first-order valence-electron chi connectivity index (χ1n) is 8.26. The lowest BCUT2D eigenvalue weighted by Crippen LogP contribution is -1.93. The summed E-state index contributed by atoms with van der Waals surface area (Å²) in [7, 11) is 0. The van der Waals surface area contributed by atoms with Crippen LogP contribution in [0.2, 0.25) is 0 Å². The van der Waals surface area contributed by atoms with Crippen LogP contribution in [0.3, 0.4) is 0 Å². The monoisotopic (exact) mass is 338 g/mol. The lowest BCUT2D eigenvalue weighted by molar-refractivity contribution is 0.340. The van der Waals surface area contributed by atoms with Crippen LogP contribution in [0.15, 0.2) is 48.5 Å². The van der Waals surface area contributed by atoms with Crippen LogP contribution in [-0.2, 0) is 6.42 Å². The minimum absolute atomic E-state index is 0.679. The SMILES string of the molecule is CCOc1ccc(Nc2nc(-c3ccc(CC)cc3)c(C)s2)cc1. The number of aryl methyl sites for hydroxylation is 2. The van der Waals surface area contributed by atoms with Crippen molar-refractivity contribution < 1.29 is 4.74 Å². The molecule has 1 N–H and O–H groups in total. The molecule has 0 radical (unpaired) electrons. The van der Waals surface area contributed by atoms with Crippen molar-refractivity contribution in [3.05, 3.63) is 59.0 Å². The number of benzene rings is 2. The molecule has 0 fully saturated rings. The van der Waals surface area contributed by atoms with Gasteiger partial charge in [-0.1, -0.05) is 31.2 Å². The Balaban J connectivity index is 1.77. The molecule has 3 rings (SSSR count). The molecule has 4 heteroatoms. The highest BCUT2D eigenvalue weighted by atomic mass is 32.1. The first-order valence-corrected chi connectivity index (χ1v) is 9.08. The largest absolute Gasteiger partial charge is 0.494 e. The Labute approximate surface area is 147 Å². The molecule has 0 unspecified atom stereocenters. The fourth-order valence-corrected chi connectivity index (χ4v) is 3.40. The Bertz CT molecular complexity index is 792. The summed E-state index contributed by atoms with van der Waals surface area (Å²) in [5.74, 6) is 0.884. The van der Waals surface area contributed by atoms with E-state index >= 15 is 0 Å². The van der Waals surface area contributed by atoms with E-state index in [9.17, 15) is 0 Å². The standard InChI is InChI=1S/C20H22N2OS/c1-4-15-6-8-16(9-7-15)19-14(3)24-20(22-19)21-17-10-12-18(13-11-17)23-5-2/h6-13H,4-5H2,1-3H3,(H,21,22). The molecule has 0 aliphatic heterocycles. The second-order valence-corrected chi connectivity index (χ2v) is 6.76. The molecule has 2 aromatic carbocycles. The van der Waals surface area contributed by atoms with E-state index in [2.05, 4.69) is 43.4 Å². The zero-order valence-electron chi connectivity index (χ0n) is 14.3. The van der Waals surface area contributed by atoms with Crippen molar-refractivity contribution in [3.63, 3.8) is 0 Å². The molecule has 0 amide bonds. The van der Waals surface area contributed by atoms with Crippen molar-refractivity contribution in [2.24, 2.45) is 0 Å². The summed E-state index contributed by atoms with van der Waals surface area (Å²) in [6.45, 7) is 6.95. The van der Waals surface area contributed by atoms with Gasteiger partial charge in [0.05, 0.1) is 12.3 Å². The lowest BCUT2D eigenvalue weighted by Gasteiger charge is -2.05. The van der Waals surface area contributed by atoms with Crippen LogP contribution >= 0.6 is 11.3 Å². The maximum absolute atomic E-state index is 5.47. The maximum Gasteiger partial charge on any atom is 0.187 e. The van der Waals surface area contributed by atoms with Crippen molar-refractivity contribution in [1.29, 1.82) is 0 Å². The van der Waals surface area contributed by atoms with Crippen LogP contribution in [0.4, 0.5) is 10.8 Å². The molecule has 1 heterocycles. The van der Waals surface area contributed by atoms with Crippen LogP contribution in [-0.4, -0.2) is 11.6 Å². The lowest BCUT2D eigenvalue weighted by atomic mass is 10.1. The van der Waals surface area contributed by atoms with Gasteiger partial charge in [-0.2, -0.15) is 0 Å². The Hall–Kier alpha value is -2.33. The molecule has 0 saturated heterocycles. The van der Waals surface area contributed by atoms with E-state index < -0.39 is 0 Å². The van der Waals surface area contributed by atoms with Gasteiger partial charge in [0.15, 0.2) is 5.13 Å². The highest BCUT2D eigenvalue weighted by Gasteiger charge is 2.10. The summed E-state index contributed by atoms with van der Waals surface area (Å²) in [6, 6.07) is 16.6. The number of aromatic nitrogens is 1. The number of rotatable bonds is 6. The van der Waals surface area contributed by atoms with Gasteiger partial charge in [0.25, 0.3) is 0 Å². The third-order valence-electron chi connectivity index (χ3n) is 3.85. The first-order chi connectivity index (χ1) is 11.7. The van der Waals surface area contributed by atoms with Crippen LogP contribution in [0, 0.1) is 6.92 Å². The number of nitrogens with one attached hydrogen (secondary N) is 1. The van der Waals surface area contributed by atoms with E-state index in [1.807, 2.05) is 31.2 Å². The summed E-state index contributed by atoms with van der Waals surface area (Å²) in [6.07, 6.45) is 1.06. The van der Waals surface area contributed by atoms with E-state index in [1.165, 1.54) is 16.0 Å². The van der Waals surface area contributed by atoms with Gasteiger partial charge < -0.3 is 10.1 Å². The normalized spacial score (nSPS) is 10.6. The Morgan fingerprint density at radius 2 is 1.71 bits per heavy atom. The Morgan fingerprint density at radius 3 is 2.33 bits per heavy atom. The van der Waals surface area contributed by atoms with E-state index in [-0.39, 0.29) is 0 Å². The molecule has 124 valence electrons. The predicted molar refractivity (Wildman–Crippen MR) is 103 cm³/mol. The minimum Gasteiger partial charge on any atom is -0.494 e. The van der Waals surface area contributed by atoms with Crippen LogP contribution in [0.1, 0.15) is 24.3 Å². The van der Waals surface area contributed by atoms with E-state index in [0.29, 0.717) is 6.61 Å². The molecule has 0 aliphatic carbocycles. The predicted octanol–water partition coefficient (Wildman–Crippen LogP) is 5.82. The smallest absolute Gasteiger partial charge is 0.187 e. The molecule has 3 nitrogen and oxygen atoms in total. The van der Waals surface area contributed by atoms with Crippen molar-refractivity contribution >= 4 is 22.2 Å². The molecule has 24 heavy (non-hydrogen) atoms.